The van der Waals surface area contributed by atoms with Crippen LogP contribution in [0.4, 0.5) is 11.8 Å². The number of carboxylic acid groups (broad SMARTS) is 1. The normalized spacial score (nSPS) is 26.1. The Balaban J connectivity index is 2.19. The van der Waals surface area contributed by atoms with Crippen LogP contribution in [0.5, 0.6) is 0 Å². The number of aromatic nitrogens is 2. The molecule has 0 spiro atoms. The van der Waals surface area contributed by atoms with E-state index in [0.29, 0.717) is 18.2 Å². The zero-order valence-corrected chi connectivity index (χ0v) is 12.3. The molecule has 1 saturated carbocycles. The van der Waals surface area contributed by atoms with Gasteiger partial charge in [0.2, 0.25) is 5.95 Å². The molecule has 6 heteroatoms. The van der Waals surface area contributed by atoms with Crippen LogP contribution in [0, 0.1) is 5.41 Å². The van der Waals surface area contributed by atoms with Crippen molar-refractivity contribution in [3.63, 3.8) is 0 Å². The molecule has 2 atom stereocenters. The highest BCUT2D eigenvalue weighted by molar-refractivity contribution is 5.76. The lowest BCUT2D eigenvalue weighted by molar-refractivity contribution is -0.150. The maximum Gasteiger partial charge on any atom is 0.311 e. The number of carbonyl (C=O) groups is 1. The first-order valence-electron chi connectivity index (χ1n) is 6.94. The Morgan fingerprint density at radius 2 is 2.25 bits per heavy atom. The summed E-state index contributed by atoms with van der Waals surface area (Å²) in [4.78, 5) is 22.0. The molecule has 2 N–H and O–H groups in total. The van der Waals surface area contributed by atoms with E-state index < -0.39 is 11.4 Å². The van der Waals surface area contributed by atoms with E-state index in [0.717, 1.165) is 19.3 Å². The second-order valence-electron chi connectivity index (χ2n) is 5.80. The molecule has 2 unspecified atom stereocenters. The fourth-order valence-electron chi connectivity index (χ4n) is 2.64. The van der Waals surface area contributed by atoms with E-state index in [2.05, 4.69) is 15.3 Å². The molecule has 1 heterocycles. The molecule has 1 aliphatic carbocycles. The van der Waals surface area contributed by atoms with Crippen LogP contribution in [-0.4, -0.2) is 41.2 Å². The summed E-state index contributed by atoms with van der Waals surface area (Å²) in [5.74, 6) is 0.558. The average molecular weight is 278 g/mol. The van der Waals surface area contributed by atoms with Crippen LogP contribution in [0.15, 0.2) is 12.3 Å². The molecule has 6 nitrogen and oxygen atoms in total. The first-order chi connectivity index (χ1) is 9.43. The summed E-state index contributed by atoms with van der Waals surface area (Å²) in [5.41, 5.74) is -0.735. The first kappa shape index (κ1) is 14.6. The summed E-state index contributed by atoms with van der Waals surface area (Å²) >= 11 is 0. The van der Waals surface area contributed by atoms with Crippen molar-refractivity contribution in [2.75, 3.05) is 24.3 Å². The van der Waals surface area contributed by atoms with Crippen molar-refractivity contribution in [3.8, 4) is 0 Å². The van der Waals surface area contributed by atoms with Gasteiger partial charge < -0.3 is 15.3 Å². The second kappa shape index (κ2) is 5.64. The largest absolute Gasteiger partial charge is 0.481 e. The summed E-state index contributed by atoms with van der Waals surface area (Å²) in [6, 6.07) is 1.68. The summed E-state index contributed by atoms with van der Waals surface area (Å²) in [6.45, 7) is 1.82. The lowest BCUT2D eigenvalue weighted by Gasteiger charge is -2.38. The van der Waals surface area contributed by atoms with Gasteiger partial charge in [-0.1, -0.05) is 12.8 Å². The molecule has 1 aliphatic rings. The van der Waals surface area contributed by atoms with Crippen molar-refractivity contribution in [3.05, 3.63) is 12.3 Å². The van der Waals surface area contributed by atoms with Crippen molar-refractivity contribution in [1.82, 2.24) is 9.97 Å². The van der Waals surface area contributed by atoms with Crippen LogP contribution in [0.2, 0.25) is 0 Å². The number of rotatable bonds is 4. The van der Waals surface area contributed by atoms with Crippen LogP contribution in [0.25, 0.3) is 0 Å². The van der Waals surface area contributed by atoms with E-state index in [9.17, 15) is 9.90 Å². The number of carboxylic acids is 1. The minimum absolute atomic E-state index is 0.0985. The van der Waals surface area contributed by atoms with Crippen molar-refractivity contribution in [2.24, 2.45) is 5.41 Å². The third-order valence-corrected chi connectivity index (χ3v) is 4.06. The Morgan fingerprint density at radius 3 is 2.90 bits per heavy atom. The Hall–Kier alpha value is -1.85. The highest BCUT2D eigenvalue weighted by Crippen LogP contribution is 2.38. The Labute approximate surface area is 119 Å². The van der Waals surface area contributed by atoms with Gasteiger partial charge in [-0.25, -0.2) is 4.98 Å². The second-order valence-corrected chi connectivity index (χ2v) is 5.80. The van der Waals surface area contributed by atoms with Gasteiger partial charge in [0.1, 0.15) is 5.82 Å². The first-order valence-corrected chi connectivity index (χ1v) is 6.94. The molecule has 20 heavy (non-hydrogen) atoms. The fourth-order valence-corrected chi connectivity index (χ4v) is 2.64. The van der Waals surface area contributed by atoms with E-state index in [-0.39, 0.29) is 6.04 Å². The van der Waals surface area contributed by atoms with E-state index in [1.165, 1.54) is 0 Å². The van der Waals surface area contributed by atoms with E-state index in [4.69, 9.17) is 0 Å². The predicted octanol–water partition coefficient (Wildman–Crippen LogP) is 1.99. The van der Waals surface area contributed by atoms with Gasteiger partial charge >= 0.3 is 5.97 Å². The van der Waals surface area contributed by atoms with Crippen LogP contribution in [0.3, 0.4) is 0 Å². The van der Waals surface area contributed by atoms with Gasteiger partial charge in [0.25, 0.3) is 0 Å². The van der Waals surface area contributed by atoms with Gasteiger partial charge in [0.15, 0.2) is 0 Å². The number of nitrogens with one attached hydrogen (secondary N) is 1. The Kier molecular flexibility index (Phi) is 4.11. The monoisotopic (exact) mass is 278 g/mol. The average Bonchev–Trinajstić information content (AvgIpc) is 2.41. The van der Waals surface area contributed by atoms with Gasteiger partial charge in [-0.3, -0.25) is 4.79 Å². The number of nitrogens with zero attached hydrogens (tertiary/aromatic N) is 3. The van der Waals surface area contributed by atoms with Crippen LogP contribution >= 0.6 is 0 Å². The van der Waals surface area contributed by atoms with Crippen LogP contribution < -0.4 is 10.2 Å². The molecule has 1 aromatic heterocycles. The van der Waals surface area contributed by atoms with Gasteiger partial charge in [0.05, 0.1) is 5.41 Å². The van der Waals surface area contributed by atoms with Gasteiger partial charge in [-0.05, 0) is 25.8 Å². The lowest BCUT2D eigenvalue weighted by Crippen LogP contribution is -2.46. The summed E-state index contributed by atoms with van der Waals surface area (Å²) < 4.78 is 0. The molecule has 0 bridgehead atoms. The Bertz CT molecular complexity index is 492. The maximum atomic E-state index is 11.6. The Morgan fingerprint density at radius 1 is 1.50 bits per heavy atom. The van der Waals surface area contributed by atoms with E-state index in [1.54, 1.807) is 12.3 Å². The molecule has 1 aromatic rings. The highest BCUT2D eigenvalue weighted by atomic mass is 16.4. The zero-order chi connectivity index (χ0) is 14.8. The molecular weight excluding hydrogens is 256 g/mol. The molecule has 0 saturated heterocycles. The minimum atomic E-state index is -0.739. The van der Waals surface area contributed by atoms with Crippen LogP contribution in [0.1, 0.15) is 32.6 Å². The molecular formula is C14H22N4O2. The quantitative estimate of drug-likeness (QED) is 0.877. The molecule has 2 rings (SSSR count). The van der Waals surface area contributed by atoms with Crippen LogP contribution in [-0.2, 0) is 4.79 Å². The fraction of sp³-hybridized carbons (Fsp3) is 0.643. The number of anilines is 2. The third-order valence-electron chi connectivity index (χ3n) is 4.06. The van der Waals surface area contributed by atoms with Crippen molar-refractivity contribution >= 4 is 17.7 Å². The molecule has 0 amide bonds. The molecule has 1 fully saturated rings. The minimum Gasteiger partial charge on any atom is -0.481 e. The predicted molar refractivity (Wildman–Crippen MR) is 78.0 cm³/mol. The number of aliphatic carboxylic acids is 1. The SMILES string of the molecule is CN(C)c1nccc(NC2CCCCC2(C)C(=O)O)n1. The topological polar surface area (TPSA) is 78.4 Å². The van der Waals surface area contributed by atoms with Crippen molar-refractivity contribution in [1.29, 1.82) is 0 Å². The maximum absolute atomic E-state index is 11.6. The molecule has 0 aliphatic heterocycles. The molecule has 110 valence electrons. The zero-order valence-electron chi connectivity index (χ0n) is 12.3. The van der Waals surface area contributed by atoms with Gasteiger partial charge in [-0.2, -0.15) is 4.98 Å². The summed E-state index contributed by atoms with van der Waals surface area (Å²) in [5, 5.41) is 12.8. The molecule has 0 radical (unpaired) electrons. The van der Waals surface area contributed by atoms with Gasteiger partial charge in [-0.15, -0.1) is 0 Å². The summed E-state index contributed by atoms with van der Waals surface area (Å²) in [7, 11) is 3.75. The lowest BCUT2D eigenvalue weighted by atomic mass is 9.71. The molecule has 0 aromatic carbocycles. The van der Waals surface area contributed by atoms with E-state index >= 15 is 0 Å². The third kappa shape index (κ3) is 2.84. The van der Waals surface area contributed by atoms with Crippen molar-refractivity contribution < 1.29 is 9.90 Å². The smallest absolute Gasteiger partial charge is 0.311 e. The number of hydrogen-bond donors (Lipinski definition) is 2. The van der Waals surface area contributed by atoms with E-state index in [1.807, 2.05) is 25.9 Å². The number of hydrogen-bond acceptors (Lipinski definition) is 5. The summed E-state index contributed by atoms with van der Waals surface area (Å²) in [6.07, 6.45) is 5.25. The van der Waals surface area contributed by atoms with Crippen molar-refractivity contribution in [2.45, 2.75) is 38.6 Å². The standard InChI is InChI=1S/C14H22N4O2/c1-14(12(19)20)8-5-4-6-10(14)16-11-7-9-15-13(17-11)18(2)3/h7,9-10H,4-6,8H2,1-3H3,(H,19,20)(H,15,16,17). The highest BCUT2D eigenvalue weighted by Gasteiger charge is 2.43. The van der Waals surface area contributed by atoms with Gasteiger partial charge in [0, 0.05) is 26.3 Å².